The molecule has 29 heavy (non-hydrogen) atoms. The van der Waals surface area contributed by atoms with Crippen LogP contribution in [0.25, 0.3) is 11.3 Å². The van der Waals surface area contributed by atoms with Gasteiger partial charge >= 0.3 is 5.97 Å². The van der Waals surface area contributed by atoms with Crippen molar-refractivity contribution in [3.63, 3.8) is 0 Å². The van der Waals surface area contributed by atoms with Crippen LogP contribution in [0.3, 0.4) is 0 Å². The Hall–Kier alpha value is -2.97. The molecule has 1 heterocycles. The van der Waals surface area contributed by atoms with Gasteiger partial charge in [0.2, 0.25) is 10.0 Å². The second-order valence-electron chi connectivity index (χ2n) is 6.90. The van der Waals surface area contributed by atoms with E-state index in [0.29, 0.717) is 22.5 Å². The minimum atomic E-state index is -3.62. The fourth-order valence-corrected chi connectivity index (χ4v) is 4.28. The zero-order valence-corrected chi connectivity index (χ0v) is 17.3. The Kier molecular flexibility index (Phi) is 5.86. The summed E-state index contributed by atoms with van der Waals surface area (Å²) >= 11 is 0. The predicted octanol–water partition coefficient (Wildman–Crippen LogP) is 2.78. The quantitative estimate of drug-likeness (QED) is 0.643. The summed E-state index contributed by atoms with van der Waals surface area (Å²) in [4.78, 5) is 11.6. The average molecular weight is 413 g/mol. The van der Waals surface area contributed by atoms with E-state index in [-0.39, 0.29) is 17.9 Å². The molecule has 1 N–H and O–H groups in total. The molecule has 0 aliphatic carbocycles. The molecule has 0 fully saturated rings. The van der Waals surface area contributed by atoms with E-state index in [1.54, 1.807) is 35.9 Å². The Morgan fingerprint density at radius 2 is 1.69 bits per heavy atom. The molecule has 3 rings (SSSR count). The lowest BCUT2D eigenvalue weighted by molar-refractivity contribution is -0.136. The number of nitrogens with zero attached hydrogens (tertiary/aromatic N) is 3. The Bertz CT molecular complexity index is 1140. The lowest BCUT2D eigenvalue weighted by Gasteiger charge is -2.15. The summed E-state index contributed by atoms with van der Waals surface area (Å²) in [6.07, 6.45) is -0.159. The SMILES string of the molecule is Cc1c(CC(=O)O)c(-c2ccccc2)nn1Cc1ccccc1S(=O)(=O)N(C)C. The average Bonchev–Trinajstić information content (AvgIpc) is 2.98. The first kappa shape index (κ1) is 20.8. The normalized spacial score (nSPS) is 11.7. The fourth-order valence-electron chi connectivity index (χ4n) is 3.17. The van der Waals surface area contributed by atoms with Gasteiger partial charge in [0.25, 0.3) is 0 Å². The zero-order chi connectivity index (χ0) is 21.2. The predicted molar refractivity (Wildman–Crippen MR) is 110 cm³/mol. The number of carbonyl (C=O) groups is 1. The third-order valence-corrected chi connectivity index (χ3v) is 6.67. The van der Waals surface area contributed by atoms with E-state index < -0.39 is 16.0 Å². The molecule has 0 bridgehead atoms. The third-order valence-electron chi connectivity index (χ3n) is 4.76. The molecular formula is C21H23N3O4S. The van der Waals surface area contributed by atoms with Gasteiger partial charge in [-0.2, -0.15) is 5.10 Å². The number of aromatic nitrogens is 2. The maximum Gasteiger partial charge on any atom is 0.307 e. The van der Waals surface area contributed by atoms with Crippen LogP contribution in [-0.4, -0.2) is 47.7 Å². The van der Waals surface area contributed by atoms with Crippen molar-refractivity contribution in [2.45, 2.75) is 24.8 Å². The second-order valence-corrected chi connectivity index (χ2v) is 9.02. The lowest BCUT2D eigenvalue weighted by Crippen LogP contribution is -2.24. The highest BCUT2D eigenvalue weighted by molar-refractivity contribution is 7.89. The molecule has 0 unspecified atom stereocenters. The number of aliphatic carboxylic acids is 1. The van der Waals surface area contributed by atoms with Gasteiger partial charge in [-0.05, 0) is 18.6 Å². The van der Waals surface area contributed by atoms with Gasteiger partial charge in [-0.25, -0.2) is 12.7 Å². The maximum absolute atomic E-state index is 12.7. The van der Waals surface area contributed by atoms with E-state index in [4.69, 9.17) is 0 Å². The highest BCUT2D eigenvalue weighted by atomic mass is 32.2. The molecule has 0 aliphatic rings. The van der Waals surface area contributed by atoms with E-state index in [0.717, 1.165) is 5.56 Å². The smallest absolute Gasteiger partial charge is 0.307 e. The van der Waals surface area contributed by atoms with Crippen LogP contribution in [0.1, 0.15) is 16.8 Å². The number of sulfonamides is 1. The molecule has 0 radical (unpaired) electrons. The molecule has 0 aliphatic heterocycles. The largest absolute Gasteiger partial charge is 0.481 e. The topological polar surface area (TPSA) is 92.5 Å². The van der Waals surface area contributed by atoms with Gasteiger partial charge in [0.15, 0.2) is 0 Å². The van der Waals surface area contributed by atoms with Gasteiger partial charge in [0, 0.05) is 30.9 Å². The molecule has 1 aromatic heterocycles. The number of hydrogen-bond acceptors (Lipinski definition) is 4. The van der Waals surface area contributed by atoms with Gasteiger partial charge in [-0.15, -0.1) is 0 Å². The summed E-state index contributed by atoms with van der Waals surface area (Å²) in [5.74, 6) is -0.944. The molecular weight excluding hydrogens is 390 g/mol. The number of rotatable bonds is 7. The van der Waals surface area contributed by atoms with Crippen LogP contribution in [0, 0.1) is 6.92 Å². The molecule has 0 saturated carbocycles. The number of carboxylic acid groups (broad SMARTS) is 1. The maximum atomic E-state index is 12.7. The number of hydrogen-bond donors (Lipinski definition) is 1. The van der Waals surface area contributed by atoms with Gasteiger partial charge in [0.1, 0.15) is 0 Å². The standard InChI is InChI=1S/C21H23N3O4S/c1-15-18(13-20(25)26)21(16-9-5-4-6-10-16)22-24(15)14-17-11-7-8-12-19(17)29(27,28)23(2)3/h4-12H,13-14H2,1-3H3,(H,25,26). The summed E-state index contributed by atoms with van der Waals surface area (Å²) < 4.78 is 28.2. The van der Waals surface area contributed by atoms with Crippen LogP contribution in [0.2, 0.25) is 0 Å². The number of carboxylic acids is 1. The molecule has 8 heteroatoms. The van der Waals surface area contributed by atoms with Crippen LogP contribution >= 0.6 is 0 Å². The fraction of sp³-hybridized carbons (Fsp3) is 0.238. The van der Waals surface area contributed by atoms with Crippen molar-refractivity contribution in [1.82, 2.24) is 14.1 Å². The van der Waals surface area contributed by atoms with Gasteiger partial charge in [-0.1, -0.05) is 48.5 Å². The Labute approximate surface area is 170 Å². The molecule has 152 valence electrons. The monoisotopic (exact) mass is 413 g/mol. The first-order chi connectivity index (χ1) is 13.7. The van der Waals surface area contributed by atoms with Crippen LogP contribution in [-0.2, 0) is 27.8 Å². The highest BCUT2D eigenvalue weighted by Gasteiger charge is 2.23. The third kappa shape index (κ3) is 4.23. The first-order valence-electron chi connectivity index (χ1n) is 9.05. The minimum absolute atomic E-state index is 0.159. The van der Waals surface area contributed by atoms with Crippen molar-refractivity contribution in [2.75, 3.05) is 14.1 Å². The minimum Gasteiger partial charge on any atom is -0.481 e. The van der Waals surface area contributed by atoms with Crippen molar-refractivity contribution < 1.29 is 18.3 Å². The summed E-state index contributed by atoms with van der Waals surface area (Å²) in [6, 6.07) is 16.1. The van der Waals surface area contributed by atoms with Crippen molar-refractivity contribution in [1.29, 1.82) is 0 Å². The molecule has 0 saturated heterocycles. The van der Waals surface area contributed by atoms with E-state index in [9.17, 15) is 18.3 Å². The van der Waals surface area contributed by atoms with E-state index in [1.165, 1.54) is 18.4 Å². The first-order valence-corrected chi connectivity index (χ1v) is 10.5. The number of benzene rings is 2. The van der Waals surface area contributed by atoms with Gasteiger partial charge in [-0.3, -0.25) is 9.48 Å². The molecule has 3 aromatic rings. The van der Waals surface area contributed by atoms with Crippen LogP contribution in [0.4, 0.5) is 0 Å². The van der Waals surface area contributed by atoms with Crippen molar-refractivity contribution >= 4 is 16.0 Å². The van der Waals surface area contributed by atoms with Crippen LogP contribution < -0.4 is 0 Å². The summed E-state index contributed by atoms with van der Waals surface area (Å²) in [5, 5.41) is 14.0. The molecule has 7 nitrogen and oxygen atoms in total. The van der Waals surface area contributed by atoms with Crippen LogP contribution in [0.15, 0.2) is 59.5 Å². The summed E-state index contributed by atoms with van der Waals surface area (Å²) in [5.41, 5.74) is 3.33. The Morgan fingerprint density at radius 1 is 1.07 bits per heavy atom. The van der Waals surface area contributed by atoms with Crippen molar-refractivity contribution in [3.8, 4) is 11.3 Å². The van der Waals surface area contributed by atoms with Gasteiger partial charge < -0.3 is 5.11 Å². The highest BCUT2D eigenvalue weighted by Crippen LogP contribution is 2.27. The van der Waals surface area contributed by atoms with Crippen molar-refractivity contribution in [2.24, 2.45) is 0 Å². The zero-order valence-electron chi connectivity index (χ0n) is 16.5. The molecule has 0 amide bonds. The van der Waals surface area contributed by atoms with E-state index >= 15 is 0 Å². The molecule has 0 spiro atoms. The summed E-state index contributed by atoms with van der Waals surface area (Å²) in [6.45, 7) is 2.02. The Morgan fingerprint density at radius 3 is 2.31 bits per heavy atom. The molecule has 0 atom stereocenters. The summed E-state index contributed by atoms with van der Waals surface area (Å²) in [7, 11) is -0.637. The van der Waals surface area contributed by atoms with Crippen molar-refractivity contribution in [3.05, 3.63) is 71.4 Å². The lowest BCUT2D eigenvalue weighted by atomic mass is 10.0. The van der Waals surface area contributed by atoms with Gasteiger partial charge in [0.05, 0.1) is 23.6 Å². The van der Waals surface area contributed by atoms with Crippen LogP contribution in [0.5, 0.6) is 0 Å². The van der Waals surface area contributed by atoms with E-state index in [2.05, 4.69) is 5.10 Å². The Balaban J connectivity index is 2.11. The second kappa shape index (κ2) is 8.18. The van der Waals surface area contributed by atoms with E-state index in [1.807, 2.05) is 30.3 Å². The molecule has 2 aromatic carbocycles.